The van der Waals surface area contributed by atoms with Crippen LogP contribution in [0.15, 0.2) is 53.7 Å². The largest absolute Gasteiger partial charge is 0.490 e. The summed E-state index contributed by atoms with van der Waals surface area (Å²) in [4.78, 5) is 13.0. The lowest BCUT2D eigenvalue weighted by molar-refractivity contribution is -0.143. The van der Waals surface area contributed by atoms with Crippen molar-refractivity contribution < 1.29 is 19.0 Å². The van der Waals surface area contributed by atoms with E-state index < -0.39 is 12.0 Å². The molecule has 0 aliphatic carbocycles. The van der Waals surface area contributed by atoms with Crippen LogP contribution in [0.1, 0.15) is 50.4 Å². The fraction of sp³-hybridized carbons (Fsp3) is 0.360. The molecule has 0 spiro atoms. The minimum atomic E-state index is -0.581. The zero-order valence-electron chi connectivity index (χ0n) is 20.0. The van der Waals surface area contributed by atoms with Gasteiger partial charge in [-0.1, -0.05) is 41.0 Å². The predicted octanol–water partition coefficient (Wildman–Crippen LogP) is 4.20. The van der Waals surface area contributed by atoms with Crippen molar-refractivity contribution in [3.8, 4) is 11.5 Å². The third-order valence-corrected chi connectivity index (χ3v) is 5.38. The number of allylic oxidation sites excluding steroid dienone is 1. The van der Waals surface area contributed by atoms with Crippen molar-refractivity contribution in [2.45, 2.75) is 53.4 Å². The molecule has 1 atom stereocenters. The number of benzene rings is 2. The zero-order chi connectivity index (χ0) is 24.2. The summed E-state index contributed by atoms with van der Waals surface area (Å²) in [6.07, 6.45) is -0.264. The van der Waals surface area contributed by atoms with Crippen molar-refractivity contribution in [2.24, 2.45) is 0 Å². The molecule has 0 radical (unpaired) electrons. The van der Waals surface area contributed by atoms with E-state index in [0.717, 1.165) is 11.1 Å². The van der Waals surface area contributed by atoms with Crippen LogP contribution in [0, 0.1) is 6.92 Å². The number of carbonyl (C=O) groups excluding carboxylic acids is 1. The van der Waals surface area contributed by atoms with Crippen molar-refractivity contribution >= 4 is 11.9 Å². The molecule has 34 heavy (non-hydrogen) atoms. The number of nitrogens with zero attached hydrogens (tertiary/aromatic N) is 4. The van der Waals surface area contributed by atoms with Gasteiger partial charge in [0.1, 0.15) is 12.6 Å². The molecule has 1 aliphatic heterocycles. The van der Waals surface area contributed by atoms with Gasteiger partial charge in [-0.25, -0.2) is 4.79 Å². The average molecular weight is 464 g/mol. The Morgan fingerprint density at radius 3 is 2.56 bits per heavy atom. The number of aryl methyl sites for hydroxylation is 1. The van der Waals surface area contributed by atoms with Gasteiger partial charge in [-0.05, 0) is 68.3 Å². The number of carbonyl (C=O) groups is 1. The molecule has 0 amide bonds. The topological polar surface area (TPSA) is 100 Å². The van der Waals surface area contributed by atoms with Crippen LogP contribution in [0.5, 0.6) is 11.5 Å². The number of hydrogen-bond acceptors (Lipinski definition) is 8. The first-order valence-corrected chi connectivity index (χ1v) is 11.3. The summed E-state index contributed by atoms with van der Waals surface area (Å²) in [5, 5.41) is 15.0. The van der Waals surface area contributed by atoms with Gasteiger partial charge < -0.3 is 19.5 Å². The van der Waals surface area contributed by atoms with Crippen LogP contribution in [-0.4, -0.2) is 38.9 Å². The minimum Gasteiger partial charge on any atom is -0.490 e. The summed E-state index contributed by atoms with van der Waals surface area (Å²) < 4.78 is 19.1. The lowest BCUT2D eigenvalue weighted by Crippen LogP contribution is -2.30. The van der Waals surface area contributed by atoms with Crippen LogP contribution < -0.4 is 14.8 Å². The highest BCUT2D eigenvalue weighted by atomic mass is 16.5. The molecule has 4 rings (SSSR count). The quantitative estimate of drug-likeness (QED) is 0.496. The standard InChI is InChI=1S/C25H29N5O4/c1-6-32-21-13-19(11-12-20(21)33-14-18-9-7-16(4)8-10-18)23-22(24(31)34-15(2)3)17(5)26-25-27-28-29-30(23)25/h7-13,15,23H,6,14H2,1-5H3,(H,26,27,29). The Labute approximate surface area is 198 Å². The van der Waals surface area contributed by atoms with Gasteiger partial charge in [0.2, 0.25) is 5.95 Å². The number of anilines is 1. The van der Waals surface area contributed by atoms with E-state index in [0.29, 0.717) is 41.9 Å². The maximum absolute atomic E-state index is 13.0. The summed E-state index contributed by atoms with van der Waals surface area (Å²) in [6, 6.07) is 13.2. The molecule has 1 N–H and O–H groups in total. The number of aromatic nitrogens is 4. The van der Waals surface area contributed by atoms with Crippen molar-refractivity contribution in [3.05, 3.63) is 70.4 Å². The summed E-state index contributed by atoms with van der Waals surface area (Å²) in [5.41, 5.74) is 4.10. The second kappa shape index (κ2) is 9.94. The summed E-state index contributed by atoms with van der Waals surface area (Å²) >= 11 is 0. The molecular weight excluding hydrogens is 434 g/mol. The summed E-state index contributed by atoms with van der Waals surface area (Å²) in [5.74, 6) is 1.21. The van der Waals surface area contributed by atoms with Crippen LogP contribution in [0.3, 0.4) is 0 Å². The third kappa shape index (κ3) is 4.88. The van der Waals surface area contributed by atoms with Gasteiger partial charge in [0.05, 0.1) is 18.3 Å². The Morgan fingerprint density at radius 2 is 1.85 bits per heavy atom. The van der Waals surface area contributed by atoms with E-state index in [1.807, 2.05) is 58.0 Å². The molecule has 1 unspecified atom stereocenters. The van der Waals surface area contributed by atoms with E-state index >= 15 is 0 Å². The van der Waals surface area contributed by atoms with Gasteiger partial charge in [-0.2, -0.15) is 4.68 Å². The number of ether oxygens (including phenoxy) is 3. The van der Waals surface area contributed by atoms with Gasteiger partial charge in [-0.3, -0.25) is 0 Å². The van der Waals surface area contributed by atoms with Gasteiger partial charge in [0.25, 0.3) is 0 Å². The Kier molecular flexibility index (Phi) is 6.81. The van der Waals surface area contributed by atoms with E-state index in [2.05, 4.69) is 39.9 Å². The second-order valence-electron chi connectivity index (χ2n) is 8.38. The SMILES string of the molecule is CCOc1cc(C2C(C(=O)OC(C)C)=C(C)Nc3nnnn32)ccc1OCc1ccc(C)cc1. The monoisotopic (exact) mass is 463 g/mol. The second-order valence-corrected chi connectivity index (χ2v) is 8.38. The molecule has 0 saturated carbocycles. The van der Waals surface area contributed by atoms with Crippen LogP contribution in [-0.2, 0) is 16.1 Å². The van der Waals surface area contributed by atoms with Crippen molar-refractivity contribution in [1.29, 1.82) is 0 Å². The Morgan fingerprint density at radius 1 is 1.09 bits per heavy atom. The fourth-order valence-electron chi connectivity index (χ4n) is 3.79. The highest BCUT2D eigenvalue weighted by molar-refractivity contribution is 5.92. The highest BCUT2D eigenvalue weighted by Crippen LogP contribution is 2.39. The van der Waals surface area contributed by atoms with Crippen molar-refractivity contribution in [2.75, 3.05) is 11.9 Å². The van der Waals surface area contributed by atoms with E-state index in [4.69, 9.17) is 14.2 Å². The van der Waals surface area contributed by atoms with Crippen LogP contribution in [0.2, 0.25) is 0 Å². The van der Waals surface area contributed by atoms with E-state index in [1.54, 1.807) is 4.68 Å². The maximum Gasteiger partial charge on any atom is 0.338 e. The zero-order valence-corrected chi connectivity index (χ0v) is 20.0. The first-order valence-electron chi connectivity index (χ1n) is 11.3. The Bertz CT molecular complexity index is 1200. The molecule has 178 valence electrons. The lowest BCUT2D eigenvalue weighted by Gasteiger charge is -2.28. The molecule has 0 bridgehead atoms. The Balaban J connectivity index is 1.69. The first-order chi connectivity index (χ1) is 16.4. The molecule has 9 nitrogen and oxygen atoms in total. The molecule has 0 saturated heterocycles. The number of fused-ring (bicyclic) bond motifs is 1. The van der Waals surface area contributed by atoms with Gasteiger partial charge >= 0.3 is 5.97 Å². The molecule has 1 aromatic heterocycles. The van der Waals surface area contributed by atoms with Gasteiger partial charge in [-0.15, -0.1) is 0 Å². The molecule has 0 fully saturated rings. The Hall–Kier alpha value is -3.88. The van der Waals surface area contributed by atoms with Crippen molar-refractivity contribution in [1.82, 2.24) is 20.2 Å². The molecule has 2 heterocycles. The third-order valence-electron chi connectivity index (χ3n) is 5.38. The molecule has 3 aromatic rings. The number of tetrazole rings is 1. The summed E-state index contributed by atoms with van der Waals surface area (Å²) in [7, 11) is 0. The molecular formula is C25H29N5O4. The molecule has 2 aromatic carbocycles. The number of nitrogens with one attached hydrogen (secondary N) is 1. The van der Waals surface area contributed by atoms with Crippen molar-refractivity contribution in [3.63, 3.8) is 0 Å². The maximum atomic E-state index is 13.0. The molecule has 1 aliphatic rings. The van der Waals surface area contributed by atoms with Crippen LogP contribution in [0.4, 0.5) is 5.95 Å². The first kappa shape index (κ1) is 23.3. The lowest BCUT2D eigenvalue weighted by atomic mass is 9.95. The van der Waals surface area contributed by atoms with Crippen LogP contribution >= 0.6 is 0 Å². The normalized spacial score (nSPS) is 15.1. The number of esters is 1. The van der Waals surface area contributed by atoms with E-state index in [1.165, 1.54) is 5.56 Å². The predicted molar refractivity (Wildman–Crippen MR) is 127 cm³/mol. The van der Waals surface area contributed by atoms with E-state index in [-0.39, 0.29) is 6.10 Å². The number of rotatable bonds is 8. The minimum absolute atomic E-state index is 0.264. The number of hydrogen-bond donors (Lipinski definition) is 1. The van der Waals surface area contributed by atoms with Gasteiger partial charge in [0, 0.05) is 5.70 Å². The summed E-state index contributed by atoms with van der Waals surface area (Å²) in [6.45, 7) is 10.3. The highest BCUT2D eigenvalue weighted by Gasteiger charge is 2.35. The molecule has 9 heteroatoms. The van der Waals surface area contributed by atoms with Gasteiger partial charge in [0.15, 0.2) is 11.5 Å². The fourth-order valence-corrected chi connectivity index (χ4v) is 3.79. The smallest absolute Gasteiger partial charge is 0.338 e. The van der Waals surface area contributed by atoms with Crippen LogP contribution in [0.25, 0.3) is 0 Å². The average Bonchev–Trinajstić information content (AvgIpc) is 3.26. The van der Waals surface area contributed by atoms with E-state index in [9.17, 15) is 4.79 Å².